The summed E-state index contributed by atoms with van der Waals surface area (Å²) in [5.41, 5.74) is 2.90. The van der Waals surface area contributed by atoms with Gasteiger partial charge in [-0.3, -0.25) is 9.78 Å². The number of nitrogens with zero attached hydrogens (tertiary/aromatic N) is 4. The summed E-state index contributed by atoms with van der Waals surface area (Å²) >= 11 is 0. The summed E-state index contributed by atoms with van der Waals surface area (Å²) in [7, 11) is 3.42. The third-order valence-electron chi connectivity index (χ3n) is 4.90. The van der Waals surface area contributed by atoms with Crippen LogP contribution in [0, 0.1) is 6.92 Å². The number of hydrogen-bond donors (Lipinski definition) is 0. The highest BCUT2D eigenvalue weighted by molar-refractivity contribution is 5.76. The molecule has 3 aromatic rings. The van der Waals surface area contributed by atoms with Crippen LogP contribution in [0.1, 0.15) is 30.5 Å². The molecule has 3 rings (SSSR count). The average Bonchev–Trinajstić information content (AvgIpc) is 3.20. The number of likely N-dealkylation sites (N-methyl/N-ethyl adjacent to an activating group) is 1. The van der Waals surface area contributed by atoms with Crippen molar-refractivity contribution < 1.29 is 14.1 Å². The lowest BCUT2D eigenvalue weighted by Gasteiger charge is -2.24. The molecule has 0 N–H and O–H groups in total. The van der Waals surface area contributed by atoms with Crippen LogP contribution in [0.25, 0.3) is 11.4 Å². The number of amides is 1. The normalized spacial score (nSPS) is 11.9. The predicted octanol–water partition coefficient (Wildman–Crippen LogP) is 3.47. The van der Waals surface area contributed by atoms with E-state index in [1.54, 1.807) is 18.2 Å². The van der Waals surface area contributed by atoms with Gasteiger partial charge in [-0.2, -0.15) is 4.98 Å². The van der Waals surface area contributed by atoms with Crippen molar-refractivity contribution in [3.05, 3.63) is 59.7 Å². The summed E-state index contributed by atoms with van der Waals surface area (Å²) in [6.07, 6.45) is 3.20. The molecule has 0 aliphatic heterocycles. The lowest BCUT2D eigenvalue weighted by Crippen LogP contribution is -2.36. The third kappa shape index (κ3) is 5.19. The molecule has 0 spiro atoms. The fraction of sp³-hybridized carbons (Fsp3) is 0.364. The Morgan fingerprint density at radius 2 is 2.07 bits per heavy atom. The predicted molar refractivity (Wildman–Crippen MR) is 110 cm³/mol. The van der Waals surface area contributed by atoms with Gasteiger partial charge in [-0.25, -0.2) is 0 Å². The van der Waals surface area contributed by atoms with Crippen LogP contribution >= 0.6 is 0 Å². The monoisotopic (exact) mass is 394 g/mol. The molecule has 1 aromatic carbocycles. The first-order valence-corrected chi connectivity index (χ1v) is 9.61. The van der Waals surface area contributed by atoms with E-state index in [0.717, 1.165) is 11.3 Å². The van der Waals surface area contributed by atoms with E-state index in [4.69, 9.17) is 9.26 Å². The highest BCUT2D eigenvalue weighted by Gasteiger charge is 2.19. The van der Waals surface area contributed by atoms with E-state index in [-0.39, 0.29) is 11.9 Å². The third-order valence-corrected chi connectivity index (χ3v) is 4.90. The van der Waals surface area contributed by atoms with Crippen LogP contribution in [-0.2, 0) is 17.6 Å². The molecule has 0 saturated heterocycles. The maximum absolute atomic E-state index is 12.6. The van der Waals surface area contributed by atoms with Crippen molar-refractivity contribution >= 4 is 5.91 Å². The van der Waals surface area contributed by atoms with Crippen molar-refractivity contribution in [1.82, 2.24) is 20.0 Å². The molecule has 0 unspecified atom stereocenters. The Kier molecular flexibility index (Phi) is 6.59. The molecule has 0 bridgehead atoms. The van der Waals surface area contributed by atoms with Gasteiger partial charge in [-0.05, 0) is 43.7 Å². The van der Waals surface area contributed by atoms with Gasteiger partial charge in [0.15, 0.2) is 0 Å². The van der Waals surface area contributed by atoms with Crippen molar-refractivity contribution in [1.29, 1.82) is 0 Å². The number of methoxy groups -OCH3 is 1. The van der Waals surface area contributed by atoms with Gasteiger partial charge in [-0.15, -0.1) is 0 Å². The first-order chi connectivity index (χ1) is 14.0. The van der Waals surface area contributed by atoms with Crippen LogP contribution in [0.5, 0.6) is 5.75 Å². The van der Waals surface area contributed by atoms with Crippen LogP contribution < -0.4 is 4.74 Å². The number of aryl methyl sites for hydroxylation is 2. The zero-order valence-corrected chi connectivity index (χ0v) is 17.3. The van der Waals surface area contributed by atoms with Gasteiger partial charge < -0.3 is 14.2 Å². The molecule has 2 heterocycles. The van der Waals surface area contributed by atoms with E-state index in [1.165, 1.54) is 5.56 Å². The number of carbonyl (C=O) groups excluding carboxylic acids is 1. The summed E-state index contributed by atoms with van der Waals surface area (Å²) in [5, 5.41) is 4.02. The quantitative estimate of drug-likeness (QED) is 0.582. The van der Waals surface area contributed by atoms with Gasteiger partial charge in [-0.1, -0.05) is 17.3 Å². The van der Waals surface area contributed by atoms with Crippen molar-refractivity contribution in [2.45, 2.75) is 39.2 Å². The fourth-order valence-corrected chi connectivity index (χ4v) is 3.08. The second-order valence-corrected chi connectivity index (χ2v) is 7.09. The molecule has 1 atom stereocenters. The van der Waals surface area contributed by atoms with Crippen LogP contribution in [0.2, 0.25) is 0 Å². The van der Waals surface area contributed by atoms with E-state index in [1.807, 2.05) is 57.3 Å². The number of hydrogen-bond acceptors (Lipinski definition) is 6. The minimum Gasteiger partial charge on any atom is -0.496 e. The number of benzene rings is 1. The summed E-state index contributed by atoms with van der Waals surface area (Å²) in [6.45, 7) is 4.06. The van der Waals surface area contributed by atoms with Crippen molar-refractivity contribution in [3.63, 3.8) is 0 Å². The first kappa shape index (κ1) is 20.5. The molecule has 0 aliphatic carbocycles. The molecule has 0 fully saturated rings. The molecule has 0 radical (unpaired) electrons. The van der Waals surface area contributed by atoms with Crippen molar-refractivity contribution in [3.8, 4) is 17.1 Å². The van der Waals surface area contributed by atoms with E-state index in [0.29, 0.717) is 36.7 Å². The maximum Gasteiger partial charge on any atom is 0.227 e. The number of pyridine rings is 1. The number of para-hydroxylation sites is 1. The summed E-state index contributed by atoms with van der Waals surface area (Å²) < 4.78 is 10.7. The zero-order chi connectivity index (χ0) is 20.8. The van der Waals surface area contributed by atoms with E-state index < -0.39 is 0 Å². The van der Waals surface area contributed by atoms with Crippen LogP contribution in [0.4, 0.5) is 0 Å². The lowest BCUT2D eigenvalue weighted by atomic mass is 10.1. The highest BCUT2D eigenvalue weighted by atomic mass is 16.5. The number of aromatic nitrogens is 3. The summed E-state index contributed by atoms with van der Waals surface area (Å²) in [6, 6.07) is 11.5. The van der Waals surface area contributed by atoms with Gasteiger partial charge in [0, 0.05) is 44.2 Å². The standard InChI is InChI=1S/C22H26N4O3/c1-15-11-12-23-17(13-15)14-16(2)26(3)21(27)10-9-20-24-22(25-29-20)18-7-5-6-8-19(18)28-4/h5-8,11-13,16H,9-10,14H2,1-4H3/t16-/m1/s1. The molecule has 29 heavy (non-hydrogen) atoms. The van der Waals surface area contributed by atoms with E-state index in [9.17, 15) is 4.79 Å². The Morgan fingerprint density at radius 3 is 2.83 bits per heavy atom. The zero-order valence-electron chi connectivity index (χ0n) is 17.3. The van der Waals surface area contributed by atoms with Crippen molar-refractivity contribution in [2.24, 2.45) is 0 Å². The van der Waals surface area contributed by atoms with Gasteiger partial charge in [0.05, 0.1) is 12.7 Å². The molecule has 152 valence electrons. The molecule has 7 nitrogen and oxygen atoms in total. The number of carbonyl (C=O) groups is 1. The molecule has 1 amide bonds. The minimum atomic E-state index is 0.0298. The minimum absolute atomic E-state index is 0.0298. The Balaban J connectivity index is 1.57. The largest absolute Gasteiger partial charge is 0.496 e. The van der Waals surface area contributed by atoms with E-state index >= 15 is 0 Å². The molecule has 0 aliphatic rings. The first-order valence-electron chi connectivity index (χ1n) is 9.61. The Labute approximate surface area is 170 Å². The van der Waals surface area contributed by atoms with Crippen molar-refractivity contribution in [2.75, 3.05) is 14.2 Å². The Morgan fingerprint density at radius 1 is 1.28 bits per heavy atom. The second kappa shape index (κ2) is 9.32. The smallest absolute Gasteiger partial charge is 0.227 e. The summed E-state index contributed by atoms with van der Waals surface area (Å²) in [5.74, 6) is 1.59. The van der Waals surface area contributed by atoms with E-state index in [2.05, 4.69) is 15.1 Å². The van der Waals surface area contributed by atoms with Crippen LogP contribution in [-0.4, -0.2) is 46.1 Å². The summed E-state index contributed by atoms with van der Waals surface area (Å²) in [4.78, 5) is 23.1. The SMILES string of the molecule is COc1ccccc1-c1noc(CCC(=O)N(C)[C@H](C)Cc2cc(C)ccn2)n1. The van der Waals surface area contributed by atoms with Crippen LogP contribution in [0.15, 0.2) is 47.1 Å². The molecule has 0 saturated carbocycles. The van der Waals surface area contributed by atoms with Gasteiger partial charge in [0.25, 0.3) is 0 Å². The number of ether oxygens (including phenoxy) is 1. The lowest BCUT2D eigenvalue weighted by molar-refractivity contribution is -0.131. The maximum atomic E-state index is 12.6. The molecule has 2 aromatic heterocycles. The average molecular weight is 394 g/mol. The van der Waals surface area contributed by atoms with Gasteiger partial charge >= 0.3 is 0 Å². The highest BCUT2D eigenvalue weighted by Crippen LogP contribution is 2.27. The topological polar surface area (TPSA) is 81.4 Å². The van der Waals surface area contributed by atoms with Gasteiger partial charge in [0.2, 0.25) is 17.6 Å². The van der Waals surface area contributed by atoms with Gasteiger partial charge in [0.1, 0.15) is 5.75 Å². The molecular formula is C22H26N4O3. The number of rotatable bonds is 8. The Bertz CT molecular complexity index is 970. The Hall–Kier alpha value is -3.22. The molecular weight excluding hydrogens is 368 g/mol. The fourth-order valence-electron chi connectivity index (χ4n) is 3.08. The molecule has 7 heteroatoms. The second-order valence-electron chi connectivity index (χ2n) is 7.09. The van der Waals surface area contributed by atoms with Crippen LogP contribution in [0.3, 0.4) is 0 Å².